The molecule has 0 atom stereocenters. The molecule has 0 amide bonds. The predicted molar refractivity (Wildman–Crippen MR) is 176 cm³/mol. The Morgan fingerprint density at radius 1 is 0.512 bits per heavy atom. The van der Waals surface area contributed by atoms with Gasteiger partial charge in [-0.15, -0.1) is 6.67 Å². The zero-order chi connectivity index (χ0) is 29.8. The summed E-state index contributed by atoms with van der Waals surface area (Å²) in [6, 6.07) is 27.6. The summed E-state index contributed by atoms with van der Waals surface area (Å²) in [6.07, 6.45) is 12.3. The van der Waals surface area contributed by atoms with Crippen molar-refractivity contribution in [1.29, 1.82) is 0 Å². The van der Waals surface area contributed by atoms with Gasteiger partial charge in [-0.2, -0.15) is 0 Å². The third-order valence-corrected chi connectivity index (χ3v) is 8.93. The van der Waals surface area contributed by atoms with Crippen molar-refractivity contribution in [3.63, 3.8) is 0 Å². The molecule has 0 radical (unpaired) electrons. The van der Waals surface area contributed by atoms with Gasteiger partial charge in [0.15, 0.2) is 0 Å². The molecule has 1 heterocycles. The molecular formula is C37H37AgBrN2O2-. The van der Waals surface area contributed by atoms with E-state index in [1.807, 2.05) is 0 Å². The van der Waals surface area contributed by atoms with Crippen molar-refractivity contribution in [2.45, 2.75) is 51.4 Å². The Labute approximate surface area is 274 Å². The van der Waals surface area contributed by atoms with Crippen molar-refractivity contribution >= 4 is 24.4 Å². The monoisotopic (exact) mass is 727 g/mol. The van der Waals surface area contributed by atoms with Crippen LogP contribution in [0.5, 0.6) is 11.5 Å². The molecule has 8 bridgehead atoms. The quantitative estimate of drug-likeness (QED) is 0.156. The summed E-state index contributed by atoms with van der Waals surface area (Å²) in [5.41, 5.74) is 13.2. The molecular weight excluding hydrogens is 692 g/mol. The Hall–Kier alpha value is -2.96. The van der Waals surface area contributed by atoms with Crippen molar-refractivity contribution in [1.82, 2.24) is 0 Å². The summed E-state index contributed by atoms with van der Waals surface area (Å²) in [5.74, 6) is 2.04. The van der Waals surface area contributed by atoms with Crippen LogP contribution < -0.4 is 19.3 Å². The fraction of sp³-hybridized carbons (Fsp3) is 0.270. The number of rotatable bonds is 4. The molecule has 0 saturated carbocycles. The van der Waals surface area contributed by atoms with Gasteiger partial charge in [0.1, 0.15) is 11.5 Å². The third-order valence-electron chi connectivity index (χ3n) is 8.93. The first-order valence-corrected chi connectivity index (χ1v) is 18.3. The van der Waals surface area contributed by atoms with Gasteiger partial charge in [0, 0.05) is 11.4 Å². The van der Waals surface area contributed by atoms with Crippen LogP contribution in [0.15, 0.2) is 85.2 Å². The number of halogens is 1. The van der Waals surface area contributed by atoms with Gasteiger partial charge in [0.2, 0.25) is 0 Å². The van der Waals surface area contributed by atoms with E-state index in [1.54, 1.807) is 14.2 Å². The molecule has 0 spiro atoms. The number of hydrogen-bond acceptors (Lipinski definition) is 4. The molecule has 0 saturated heterocycles. The Bertz CT molecular complexity index is 1520. The molecule has 0 unspecified atom stereocenters. The van der Waals surface area contributed by atoms with Crippen molar-refractivity contribution < 1.29 is 28.4 Å². The maximum absolute atomic E-state index is 5.72. The summed E-state index contributed by atoms with van der Waals surface area (Å²) in [5, 5.41) is 0. The molecule has 6 heteroatoms. The number of anilines is 2. The SMILES string of the molecule is COc1cc2ccc1CCc1ccc(c(N3C=CN(c4cc5ccc4CCc4ccc(c(OC)c4)CC5)[CH-]3)c1)CC2.[Br][Ag]. The van der Waals surface area contributed by atoms with E-state index in [1.165, 1.54) is 55.9 Å². The van der Waals surface area contributed by atoms with E-state index in [0.717, 1.165) is 62.9 Å². The van der Waals surface area contributed by atoms with Crippen LogP contribution in [-0.4, -0.2) is 14.2 Å². The Morgan fingerprint density at radius 3 is 1.26 bits per heavy atom. The molecule has 8 aliphatic carbocycles. The van der Waals surface area contributed by atoms with Gasteiger partial charge in [-0.25, -0.2) is 0 Å². The third kappa shape index (κ3) is 6.61. The average Bonchev–Trinajstić information content (AvgIpc) is 3.54. The summed E-state index contributed by atoms with van der Waals surface area (Å²) in [6.45, 7) is 2.26. The van der Waals surface area contributed by atoms with Crippen molar-refractivity contribution in [2.24, 2.45) is 0 Å². The molecule has 1 aliphatic heterocycles. The first kappa shape index (κ1) is 30.1. The van der Waals surface area contributed by atoms with E-state index in [-0.39, 0.29) is 0 Å². The number of hydrogen-bond donors (Lipinski definition) is 0. The van der Waals surface area contributed by atoms with Crippen LogP contribution in [-0.2, 0) is 70.3 Å². The number of methoxy groups -OCH3 is 2. The van der Waals surface area contributed by atoms with Gasteiger partial charge in [0.05, 0.1) is 14.2 Å². The van der Waals surface area contributed by atoms with E-state index in [2.05, 4.69) is 134 Å². The summed E-state index contributed by atoms with van der Waals surface area (Å²) in [7, 11) is 3.57. The van der Waals surface area contributed by atoms with E-state index in [0.29, 0.717) is 0 Å². The minimum atomic E-state index is 0.971. The number of ether oxygens (including phenoxy) is 2. The Kier molecular flexibility index (Phi) is 9.64. The second-order valence-corrected chi connectivity index (χ2v) is 11.4. The van der Waals surface area contributed by atoms with Crippen LogP contribution in [0, 0.1) is 6.67 Å². The molecule has 13 rings (SSSR count). The standard InChI is InChI=1S/C37H37N2O2.Ag.BrH/c1-40-36-23-28-5-13-30-11-3-26(7-15-32(36)17-9-28)21-34(30)38-19-20-39(25-38)35-22-27-4-12-31(35)14-6-29-10-18-33(16-8-27)37(24-29)41-2;;/h3-4,9-12,17-25H,5-8,13-16H2,1-2H3;;1H/q-1;+1;/p-1. The van der Waals surface area contributed by atoms with Gasteiger partial charge >= 0.3 is 32.0 Å². The molecule has 0 N–H and O–H groups in total. The summed E-state index contributed by atoms with van der Waals surface area (Å²) < 4.78 is 11.4. The zero-order valence-corrected chi connectivity index (χ0v) is 27.8. The van der Waals surface area contributed by atoms with Gasteiger partial charge in [-0.1, -0.05) is 48.5 Å². The number of benzene rings is 4. The van der Waals surface area contributed by atoms with Crippen LogP contribution in [0.1, 0.15) is 44.5 Å². The first-order valence-electron chi connectivity index (χ1n) is 14.9. The summed E-state index contributed by atoms with van der Waals surface area (Å²) >= 11 is 5.51. The molecule has 4 aromatic carbocycles. The van der Waals surface area contributed by atoms with Gasteiger partial charge < -0.3 is 19.3 Å². The fourth-order valence-corrected chi connectivity index (χ4v) is 6.49. The van der Waals surface area contributed by atoms with E-state index in [9.17, 15) is 0 Å². The zero-order valence-electron chi connectivity index (χ0n) is 24.7. The molecule has 9 aliphatic rings. The molecule has 4 aromatic rings. The van der Waals surface area contributed by atoms with Crippen LogP contribution >= 0.6 is 13.0 Å². The molecule has 43 heavy (non-hydrogen) atoms. The fourth-order valence-electron chi connectivity index (χ4n) is 6.49. The first-order chi connectivity index (χ1) is 21.2. The minimum absolute atomic E-state index is 0.971. The maximum atomic E-state index is 5.72. The van der Waals surface area contributed by atoms with Crippen molar-refractivity contribution in [3.8, 4) is 11.5 Å². The summed E-state index contributed by atoms with van der Waals surface area (Å²) in [4.78, 5) is 4.63. The van der Waals surface area contributed by atoms with E-state index in [4.69, 9.17) is 9.47 Å². The van der Waals surface area contributed by atoms with Gasteiger partial charge in [-0.3, -0.25) is 0 Å². The molecule has 4 nitrogen and oxygen atoms in total. The Balaban J connectivity index is 0.00000161. The Morgan fingerprint density at radius 2 is 0.860 bits per heavy atom. The van der Waals surface area contributed by atoms with Gasteiger partial charge in [0.25, 0.3) is 0 Å². The van der Waals surface area contributed by atoms with Crippen molar-refractivity contribution in [3.05, 3.63) is 136 Å². The molecule has 0 fully saturated rings. The normalized spacial score (nSPS) is 15.4. The van der Waals surface area contributed by atoms with Crippen molar-refractivity contribution in [2.75, 3.05) is 24.0 Å². The number of aryl methyl sites for hydroxylation is 8. The van der Waals surface area contributed by atoms with Crippen LogP contribution in [0.3, 0.4) is 0 Å². The molecule has 0 aromatic heterocycles. The second kappa shape index (κ2) is 13.8. The topological polar surface area (TPSA) is 24.9 Å². The van der Waals surface area contributed by atoms with E-state index >= 15 is 0 Å². The number of nitrogens with zero attached hydrogens (tertiary/aromatic N) is 2. The van der Waals surface area contributed by atoms with Gasteiger partial charge in [-0.05, 0) is 133 Å². The van der Waals surface area contributed by atoms with E-state index < -0.39 is 0 Å². The average molecular weight is 729 g/mol. The van der Waals surface area contributed by atoms with Crippen LogP contribution in [0.4, 0.5) is 11.4 Å². The molecule has 226 valence electrons. The second-order valence-electron chi connectivity index (χ2n) is 11.4. The predicted octanol–water partition coefficient (Wildman–Crippen LogP) is 8.23. The van der Waals surface area contributed by atoms with Crippen LogP contribution in [0.2, 0.25) is 0 Å². The van der Waals surface area contributed by atoms with Crippen LogP contribution in [0.25, 0.3) is 0 Å².